The first-order valence-corrected chi connectivity index (χ1v) is 8.10. The Bertz CT molecular complexity index is 671. The molecule has 1 aliphatic rings. The average Bonchev–Trinajstić information content (AvgIpc) is 3.05. The van der Waals surface area contributed by atoms with Crippen LogP contribution in [0.4, 0.5) is 0 Å². The highest BCUT2D eigenvalue weighted by molar-refractivity contribution is 5.94. The molecule has 128 valence electrons. The van der Waals surface area contributed by atoms with Gasteiger partial charge in [-0.15, -0.1) is 0 Å². The van der Waals surface area contributed by atoms with Crippen molar-refractivity contribution in [2.45, 2.75) is 31.7 Å². The molecule has 0 radical (unpaired) electrons. The fraction of sp³-hybridized carbons (Fsp3) is 0.389. The fourth-order valence-corrected chi connectivity index (χ4v) is 2.96. The summed E-state index contributed by atoms with van der Waals surface area (Å²) in [4.78, 5) is 14.3. The Hall–Kier alpha value is -2.15. The Morgan fingerprint density at radius 1 is 1.21 bits per heavy atom. The minimum atomic E-state index is -0.626. The van der Waals surface area contributed by atoms with Crippen molar-refractivity contribution in [3.63, 3.8) is 0 Å². The topological polar surface area (TPSA) is 85.9 Å². The first-order valence-electron chi connectivity index (χ1n) is 8.10. The number of rotatable bonds is 5. The first-order chi connectivity index (χ1) is 11.7. The van der Waals surface area contributed by atoms with Crippen LogP contribution in [0.15, 0.2) is 46.9 Å². The van der Waals surface area contributed by atoms with E-state index < -0.39 is 6.10 Å². The second-order valence-electron chi connectivity index (χ2n) is 6.06. The number of likely N-dealkylation sites (tertiary alicyclic amines) is 1. The molecular formula is C18H22N2O4. The van der Waals surface area contributed by atoms with Crippen LogP contribution in [0.5, 0.6) is 0 Å². The van der Waals surface area contributed by atoms with E-state index in [9.17, 15) is 9.90 Å². The van der Waals surface area contributed by atoms with E-state index in [4.69, 9.17) is 9.52 Å². The molecule has 0 unspecified atom stereocenters. The third-order valence-corrected chi connectivity index (χ3v) is 4.27. The fourth-order valence-electron chi connectivity index (χ4n) is 2.96. The largest absolute Gasteiger partial charge is 0.462 e. The van der Waals surface area contributed by atoms with Crippen LogP contribution in [0.25, 0.3) is 0 Å². The number of nitrogens with zero attached hydrogens (tertiary/aromatic N) is 1. The van der Waals surface area contributed by atoms with Crippen molar-refractivity contribution in [1.82, 2.24) is 10.2 Å². The number of aliphatic hydroxyl groups is 2. The molecule has 6 heteroatoms. The number of piperidine rings is 1. The Kier molecular flexibility index (Phi) is 5.30. The van der Waals surface area contributed by atoms with Crippen molar-refractivity contribution in [2.24, 2.45) is 0 Å². The highest BCUT2D eigenvalue weighted by Crippen LogP contribution is 2.17. The number of benzene rings is 1. The summed E-state index contributed by atoms with van der Waals surface area (Å²) in [6.45, 7) is 1.69. The maximum absolute atomic E-state index is 12.2. The summed E-state index contributed by atoms with van der Waals surface area (Å²) >= 11 is 0. The van der Waals surface area contributed by atoms with Crippen LogP contribution in [-0.2, 0) is 13.2 Å². The molecule has 2 aromatic rings. The first kappa shape index (κ1) is 16.7. The molecule has 0 spiro atoms. The SMILES string of the molecule is O=C(N[C@@H]1CCN(Cc2ccc(CO)o2)C[C@H]1O)c1ccccc1. The van der Waals surface area contributed by atoms with E-state index in [0.717, 1.165) is 12.3 Å². The highest BCUT2D eigenvalue weighted by atomic mass is 16.4. The van der Waals surface area contributed by atoms with E-state index in [0.29, 0.717) is 30.8 Å². The van der Waals surface area contributed by atoms with Gasteiger partial charge in [-0.1, -0.05) is 18.2 Å². The number of amides is 1. The molecule has 3 N–H and O–H groups in total. The summed E-state index contributed by atoms with van der Waals surface area (Å²) in [6, 6.07) is 12.3. The van der Waals surface area contributed by atoms with E-state index in [1.165, 1.54) is 0 Å². The molecule has 1 aromatic carbocycles. The summed E-state index contributed by atoms with van der Waals surface area (Å²) < 4.78 is 5.48. The van der Waals surface area contributed by atoms with Gasteiger partial charge < -0.3 is 19.9 Å². The smallest absolute Gasteiger partial charge is 0.251 e. The predicted molar refractivity (Wildman–Crippen MR) is 88.2 cm³/mol. The maximum atomic E-state index is 12.2. The summed E-state index contributed by atoms with van der Waals surface area (Å²) in [7, 11) is 0. The van der Waals surface area contributed by atoms with Gasteiger partial charge in [0.2, 0.25) is 0 Å². The van der Waals surface area contributed by atoms with E-state index in [2.05, 4.69) is 10.2 Å². The van der Waals surface area contributed by atoms with Crippen molar-refractivity contribution in [1.29, 1.82) is 0 Å². The Morgan fingerprint density at radius 2 is 1.96 bits per heavy atom. The van der Waals surface area contributed by atoms with Gasteiger partial charge in [0.05, 0.1) is 18.7 Å². The summed E-state index contributed by atoms with van der Waals surface area (Å²) in [5.41, 5.74) is 0.597. The predicted octanol–water partition coefficient (Wildman–Crippen LogP) is 1.14. The van der Waals surface area contributed by atoms with Crippen LogP contribution in [-0.4, -0.2) is 46.3 Å². The number of furan rings is 1. The number of aliphatic hydroxyl groups excluding tert-OH is 2. The number of hydrogen-bond acceptors (Lipinski definition) is 5. The van der Waals surface area contributed by atoms with Crippen LogP contribution >= 0.6 is 0 Å². The third kappa shape index (κ3) is 4.03. The van der Waals surface area contributed by atoms with Crippen LogP contribution in [0, 0.1) is 0 Å². The number of β-amino-alcohol motifs (C(OH)–C–C–N with tert-alkyl or cyclic N) is 1. The normalized spacial score (nSPS) is 21.6. The lowest BCUT2D eigenvalue weighted by Crippen LogP contribution is -2.53. The minimum Gasteiger partial charge on any atom is -0.462 e. The number of carbonyl (C=O) groups is 1. The minimum absolute atomic E-state index is 0.115. The highest BCUT2D eigenvalue weighted by Gasteiger charge is 2.29. The molecular weight excluding hydrogens is 308 g/mol. The molecule has 0 saturated carbocycles. The molecule has 1 amide bonds. The zero-order valence-corrected chi connectivity index (χ0v) is 13.4. The Morgan fingerprint density at radius 3 is 2.62 bits per heavy atom. The van der Waals surface area contributed by atoms with Gasteiger partial charge in [0.1, 0.15) is 18.1 Å². The average molecular weight is 330 g/mol. The van der Waals surface area contributed by atoms with Crippen LogP contribution in [0.1, 0.15) is 28.3 Å². The van der Waals surface area contributed by atoms with Crippen molar-refractivity contribution < 1.29 is 19.4 Å². The molecule has 0 bridgehead atoms. The zero-order chi connectivity index (χ0) is 16.9. The van der Waals surface area contributed by atoms with Gasteiger partial charge in [0.25, 0.3) is 5.91 Å². The Labute approximate surface area is 140 Å². The van der Waals surface area contributed by atoms with Crippen LogP contribution < -0.4 is 5.32 Å². The van der Waals surface area contributed by atoms with Crippen molar-refractivity contribution in [3.8, 4) is 0 Å². The van der Waals surface area contributed by atoms with E-state index >= 15 is 0 Å². The second kappa shape index (κ2) is 7.61. The monoisotopic (exact) mass is 330 g/mol. The number of carbonyl (C=O) groups excluding carboxylic acids is 1. The summed E-state index contributed by atoms with van der Waals surface area (Å²) in [6.07, 6.45) is 0.0477. The van der Waals surface area contributed by atoms with Gasteiger partial charge in [0.15, 0.2) is 0 Å². The van der Waals surface area contributed by atoms with Gasteiger partial charge in [-0.05, 0) is 30.7 Å². The maximum Gasteiger partial charge on any atom is 0.251 e. The van der Waals surface area contributed by atoms with Gasteiger partial charge in [-0.25, -0.2) is 0 Å². The lowest BCUT2D eigenvalue weighted by atomic mass is 10.0. The molecule has 24 heavy (non-hydrogen) atoms. The second-order valence-corrected chi connectivity index (χ2v) is 6.06. The molecule has 3 rings (SSSR count). The number of nitrogens with one attached hydrogen (secondary N) is 1. The van der Waals surface area contributed by atoms with Crippen molar-refractivity contribution in [3.05, 3.63) is 59.5 Å². The molecule has 1 fully saturated rings. The standard InChI is InChI=1S/C18H22N2O4/c21-12-15-7-6-14(24-15)10-20-9-8-16(17(22)11-20)19-18(23)13-4-2-1-3-5-13/h1-7,16-17,21-22H,8-12H2,(H,19,23)/t16-,17-/m1/s1. The van der Waals surface area contributed by atoms with Crippen molar-refractivity contribution in [2.75, 3.05) is 13.1 Å². The molecule has 2 atom stereocenters. The Balaban J connectivity index is 1.52. The lowest BCUT2D eigenvalue weighted by Gasteiger charge is -2.35. The van der Waals surface area contributed by atoms with E-state index in [1.807, 2.05) is 24.3 Å². The van der Waals surface area contributed by atoms with Gasteiger partial charge in [0, 0.05) is 18.7 Å². The van der Waals surface area contributed by atoms with Crippen molar-refractivity contribution >= 4 is 5.91 Å². The molecule has 1 aromatic heterocycles. The number of hydrogen-bond donors (Lipinski definition) is 3. The summed E-state index contributed by atoms with van der Waals surface area (Å²) in [5, 5.41) is 22.3. The molecule has 1 saturated heterocycles. The molecule has 1 aliphatic heterocycles. The van der Waals surface area contributed by atoms with E-state index in [-0.39, 0.29) is 18.6 Å². The van der Waals surface area contributed by atoms with Crippen LogP contribution in [0.2, 0.25) is 0 Å². The third-order valence-electron chi connectivity index (χ3n) is 4.27. The zero-order valence-electron chi connectivity index (χ0n) is 13.4. The van der Waals surface area contributed by atoms with Crippen LogP contribution in [0.3, 0.4) is 0 Å². The molecule has 0 aliphatic carbocycles. The van der Waals surface area contributed by atoms with E-state index in [1.54, 1.807) is 18.2 Å². The molecule has 2 heterocycles. The van der Waals surface area contributed by atoms with Gasteiger partial charge in [-0.2, -0.15) is 0 Å². The molecule has 6 nitrogen and oxygen atoms in total. The summed E-state index contributed by atoms with van der Waals surface area (Å²) in [5.74, 6) is 1.14. The quantitative estimate of drug-likeness (QED) is 0.765. The van der Waals surface area contributed by atoms with Gasteiger partial charge in [-0.3, -0.25) is 9.69 Å². The lowest BCUT2D eigenvalue weighted by molar-refractivity contribution is 0.0323. The van der Waals surface area contributed by atoms with Gasteiger partial charge >= 0.3 is 0 Å².